The van der Waals surface area contributed by atoms with E-state index in [1.54, 1.807) is 11.0 Å². The second-order valence-corrected chi connectivity index (χ2v) is 3.81. The first kappa shape index (κ1) is 10.7. The molecule has 0 fully saturated rings. The molecule has 0 N–H and O–H groups in total. The van der Waals surface area contributed by atoms with Crippen LogP contribution in [0.15, 0.2) is 17.5 Å². The van der Waals surface area contributed by atoms with Crippen LogP contribution < -0.4 is 0 Å². The first-order valence-electron chi connectivity index (χ1n) is 4.49. The molecule has 0 aromatic carbocycles. The SMILES string of the molecule is CCCN(CC#N)C(=O)c1cccs1. The molecule has 14 heavy (non-hydrogen) atoms. The Balaban J connectivity index is 2.69. The normalized spacial score (nSPS) is 9.43. The fourth-order valence-electron chi connectivity index (χ4n) is 1.16. The monoisotopic (exact) mass is 208 g/mol. The molecule has 74 valence electrons. The van der Waals surface area contributed by atoms with Crippen LogP contribution in [0.2, 0.25) is 0 Å². The lowest BCUT2D eigenvalue weighted by Crippen LogP contribution is -2.31. The lowest BCUT2D eigenvalue weighted by atomic mass is 10.3. The molecule has 1 aromatic rings. The molecular weight excluding hydrogens is 196 g/mol. The Morgan fingerprint density at radius 3 is 3.00 bits per heavy atom. The van der Waals surface area contributed by atoms with Gasteiger partial charge in [-0.3, -0.25) is 4.79 Å². The lowest BCUT2D eigenvalue weighted by Gasteiger charge is -2.17. The highest BCUT2D eigenvalue weighted by Gasteiger charge is 2.14. The van der Waals surface area contributed by atoms with Crippen LogP contribution >= 0.6 is 11.3 Å². The van der Waals surface area contributed by atoms with E-state index in [4.69, 9.17) is 5.26 Å². The molecule has 3 nitrogen and oxygen atoms in total. The van der Waals surface area contributed by atoms with E-state index in [9.17, 15) is 4.79 Å². The van der Waals surface area contributed by atoms with Gasteiger partial charge in [-0.05, 0) is 17.9 Å². The number of rotatable bonds is 4. The Morgan fingerprint density at radius 1 is 1.71 bits per heavy atom. The molecule has 0 spiro atoms. The summed E-state index contributed by atoms with van der Waals surface area (Å²) in [5.41, 5.74) is 0. The van der Waals surface area contributed by atoms with Gasteiger partial charge in [0.15, 0.2) is 0 Å². The Bertz CT molecular complexity index is 326. The molecule has 0 radical (unpaired) electrons. The highest BCUT2D eigenvalue weighted by atomic mass is 32.1. The van der Waals surface area contributed by atoms with Crippen LogP contribution in [-0.4, -0.2) is 23.9 Å². The summed E-state index contributed by atoms with van der Waals surface area (Å²) in [4.78, 5) is 14.0. The molecule has 0 unspecified atom stereocenters. The Labute approximate surface area is 87.6 Å². The van der Waals surface area contributed by atoms with Crippen molar-refractivity contribution in [3.63, 3.8) is 0 Å². The number of hydrogen-bond donors (Lipinski definition) is 0. The second-order valence-electron chi connectivity index (χ2n) is 2.86. The Hall–Kier alpha value is -1.34. The van der Waals surface area contributed by atoms with E-state index in [1.807, 2.05) is 24.4 Å². The number of carbonyl (C=O) groups excluding carboxylic acids is 1. The third-order valence-corrected chi connectivity index (χ3v) is 2.63. The van der Waals surface area contributed by atoms with Gasteiger partial charge in [0.2, 0.25) is 0 Å². The molecule has 0 saturated carbocycles. The third-order valence-electron chi connectivity index (χ3n) is 1.77. The van der Waals surface area contributed by atoms with E-state index in [0.29, 0.717) is 11.4 Å². The first-order valence-corrected chi connectivity index (χ1v) is 5.37. The molecule has 1 heterocycles. The first-order chi connectivity index (χ1) is 6.79. The molecule has 4 heteroatoms. The van der Waals surface area contributed by atoms with Crippen molar-refractivity contribution in [1.29, 1.82) is 5.26 Å². The lowest BCUT2D eigenvalue weighted by molar-refractivity contribution is 0.0781. The second kappa shape index (κ2) is 5.40. The van der Waals surface area contributed by atoms with Crippen LogP contribution in [0.1, 0.15) is 23.0 Å². The molecule has 0 aliphatic rings. The van der Waals surface area contributed by atoms with Gasteiger partial charge in [0.05, 0.1) is 10.9 Å². The summed E-state index contributed by atoms with van der Waals surface area (Å²) in [6.07, 6.45) is 0.874. The zero-order valence-electron chi connectivity index (χ0n) is 8.06. The zero-order chi connectivity index (χ0) is 10.4. The fourth-order valence-corrected chi connectivity index (χ4v) is 1.85. The molecule has 1 aromatic heterocycles. The van der Waals surface area contributed by atoms with Gasteiger partial charge >= 0.3 is 0 Å². The van der Waals surface area contributed by atoms with Crippen molar-refractivity contribution in [1.82, 2.24) is 4.90 Å². The minimum atomic E-state index is -0.0385. The van der Waals surface area contributed by atoms with Crippen molar-refractivity contribution in [3.05, 3.63) is 22.4 Å². The van der Waals surface area contributed by atoms with Gasteiger partial charge in [0.25, 0.3) is 5.91 Å². The maximum atomic E-state index is 11.8. The summed E-state index contributed by atoms with van der Waals surface area (Å²) >= 11 is 1.41. The number of thiophene rings is 1. The number of amides is 1. The van der Waals surface area contributed by atoms with E-state index in [0.717, 1.165) is 6.42 Å². The smallest absolute Gasteiger partial charge is 0.264 e. The highest BCUT2D eigenvalue weighted by molar-refractivity contribution is 7.12. The number of hydrogen-bond acceptors (Lipinski definition) is 3. The molecule has 0 bridgehead atoms. The number of nitrogens with zero attached hydrogens (tertiary/aromatic N) is 2. The van der Waals surface area contributed by atoms with E-state index < -0.39 is 0 Å². The van der Waals surface area contributed by atoms with E-state index >= 15 is 0 Å². The summed E-state index contributed by atoms with van der Waals surface area (Å²) in [6.45, 7) is 2.81. The topological polar surface area (TPSA) is 44.1 Å². The molecule has 1 rings (SSSR count). The largest absolute Gasteiger partial charge is 0.325 e. The van der Waals surface area contributed by atoms with Crippen LogP contribution in [0.4, 0.5) is 0 Å². The van der Waals surface area contributed by atoms with Crippen molar-refractivity contribution >= 4 is 17.2 Å². The van der Waals surface area contributed by atoms with Gasteiger partial charge in [-0.25, -0.2) is 0 Å². The third kappa shape index (κ3) is 2.57. The predicted molar refractivity (Wildman–Crippen MR) is 56.1 cm³/mol. The quantitative estimate of drug-likeness (QED) is 0.711. The molecular formula is C10H12N2OS. The van der Waals surface area contributed by atoms with Gasteiger partial charge in [-0.15, -0.1) is 11.3 Å². The van der Waals surface area contributed by atoms with Crippen molar-refractivity contribution in [2.75, 3.05) is 13.1 Å². The fraction of sp³-hybridized carbons (Fsp3) is 0.400. The van der Waals surface area contributed by atoms with E-state index in [1.165, 1.54) is 11.3 Å². The van der Waals surface area contributed by atoms with Crippen LogP contribution in [0, 0.1) is 11.3 Å². The standard InChI is InChI=1S/C10H12N2OS/c1-2-6-12(7-5-11)10(13)9-4-3-8-14-9/h3-4,8H,2,6-7H2,1H3. The highest BCUT2D eigenvalue weighted by Crippen LogP contribution is 2.11. The predicted octanol–water partition coefficient (Wildman–Crippen LogP) is 2.12. The van der Waals surface area contributed by atoms with Gasteiger partial charge in [0, 0.05) is 6.54 Å². The van der Waals surface area contributed by atoms with Crippen LogP contribution in [0.25, 0.3) is 0 Å². The number of nitriles is 1. The van der Waals surface area contributed by atoms with Crippen molar-refractivity contribution in [2.45, 2.75) is 13.3 Å². The number of carbonyl (C=O) groups is 1. The van der Waals surface area contributed by atoms with Gasteiger partial charge in [-0.2, -0.15) is 5.26 Å². The maximum absolute atomic E-state index is 11.8. The summed E-state index contributed by atoms with van der Waals surface area (Å²) in [6, 6.07) is 5.63. The Morgan fingerprint density at radius 2 is 2.50 bits per heavy atom. The van der Waals surface area contributed by atoms with Gasteiger partial charge < -0.3 is 4.90 Å². The van der Waals surface area contributed by atoms with Gasteiger partial charge in [-0.1, -0.05) is 13.0 Å². The van der Waals surface area contributed by atoms with Crippen molar-refractivity contribution < 1.29 is 4.79 Å². The van der Waals surface area contributed by atoms with E-state index in [2.05, 4.69) is 0 Å². The van der Waals surface area contributed by atoms with E-state index in [-0.39, 0.29) is 12.5 Å². The summed E-state index contributed by atoms with van der Waals surface area (Å²) in [5.74, 6) is -0.0385. The van der Waals surface area contributed by atoms with Gasteiger partial charge in [0.1, 0.15) is 6.54 Å². The van der Waals surface area contributed by atoms with Crippen LogP contribution in [0.3, 0.4) is 0 Å². The van der Waals surface area contributed by atoms with Crippen molar-refractivity contribution in [2.24, 2.45) is 0 Å². The minimum absolute atomic E-state index is 0.0385. The summed E-state index contributed by atoms with van der Waals surface area (Å²) in [7, 11) is 0. The molecule has 0 aliphatic carbocycles. The maximum Gasteiger partial charge on any atom is 0.264 e. The molecule has 0 aliphatic heterocycles. The van der Waals surface area contributed by atoms with Crippen LogP contribution in [-0.2, 0) is 0 Å². The molecule has 1 amide bonds. The van der Waals surface area contributed by atoms with Crippen molar-refractivity contribution in [3.8, 4) is 6.07 Å². The average molecular weight is 208 g/mol. The summed E-state index contributed by atoms with van der Waals surface area (Å²) < 4.78 is 0. The average Bonchev–Trinajstić information content (AvgIpc) is 2.69. The minimum Gasteiger partial charge on any atom is -0.325 e. The molecule has 0 atom stereocenters. The zero-order valence-corrected chi connectivity index (χ0v) is 8.88. The summed E-state index contributed by atoms with van der Waals surface area (Å²) in [5, 5.41) is 10.4. The Kier molecular flexibility index (Phi) is 4.14. The molecule has 0 saturated heterocycles. The van der Waals surface area contributed by atoms with Crippen LogP contribution in [0.5, 0.6) is 0 Å².